The van der Waals surface area contributed by atoms with Gasteiger partial charge in [0.2, 0.25) is 5.89 Å². The highest BCUT2D eigenvalue weighted by Gasteiger charge is 2.28. The molecule has 6 nitrogen and oxygen atoms in total. The normalized spacial score (nSPS) is 15.8. The Morgan fingerprint density at radius 2 is 2.08 bits per heavy atom. The highest BCUT2D eigenvalue weighted by molar-refractivity contribution is 7.17. The van der Waals surface area contributed by atoms with Crippen LogP contribution in [0, 0.1) is 0 Å². The topological polar surface area (TPSA) is 72.4 Å². The largest absolute Gasteiger partial charge is 0.459 e. The molecule has 0 atom stereocenters. The lowest BCUT2D eigenvalue weighted by molar-refractivity contribution is 0.0711. The number of carbonyl (C=O) groups excluding carboxylic acids is 1. The van der Waals surface area contributed by atoms with Gasteiger partial charge in [0.05, 0.1) is 15.5 Å². The molecule has 0 bridgehead atoms. The second-order valence-corrected chi connectivity index (χ2v) is 7.31. The molecule has 4 rings (SSSR count). The highest BCUT2D eigenvalue weighted by atomic mass is 35.5. The van der Waals surface area contributed by atoms with Gasteiger partial charge in [-0.25, -0.2) is 0 Å². The van der Waals surface area contributed by atoms with Crippen molar-refractivity contribution in [2.24, 2.45) is 0 Å². The summed E-state index contributed by atoms with van der Waals surface area (Å²) in [6, 6.07) is 7.08. The lowest BCUT2D eigenvalue weighted by Gasteiger charge is -2.30. The summed E-state index contributed by atoms with van der Waals surface area (Å²) in [5.74, 6) is 1.76. The minimum atomic E-state index is 0.0344. The Hall–Kier alpha value is -2.12. The van der Waals surface area contributed by atoms with Crippen LogP contribution in [-0.4, -0.2) is 34.1 Å². The first-order valence-electron chi connectivity index (χ1n) is 7.62. The molecule has 0 saturated carbocycles. The van der Waals surface area contributed by atoms with Gasteiger partial charge in [0.1, 0.15) is 0 Å². The number of likely N-dealkylation sites (tertiary alicyclic amines) is 1. The van der Waals surface area contributed by atoms with E-state index in [4.69, 9.17) is 20.4 Å². The number of carbonyl (C=O) groups is 1. The van der Waals surface area contributed by atoms with Crippen LogP contribution in [0.5, 0.6) is 0 Å². The molecule has 0 unspecified atom stereocenters. The van der Waals surface area contributed by atoms with Gasteiger partial charge in [0.25, 0.3) is 11.8 Å². The van der Waals surface area contributed by atoms with Gasteiger partial charge in [0.15, 0.2) is 5.76 Å². The van der Waals surface area contributed by atoms with E-state index in [-0.39, 0.29) is 11.8 Å². The Balaban J connectivity index is 1.40. The maximum Gasteiger partial charge on any atom is 0.283 e. The van der Waals surface area contributed by atoms with E-state index >= 15 is 0 Å². The zero-order valence-corrected chi connectivity index (χ0v) is 14.2. The Morgan fingerprint density at radius 3 is 2.75 bits per heavy atom. The number of thiophene rings is 1. The summed E-state index contributed by atoms with van der Waals surface area (Å²) in [4.78, 5) is 15.0. The number of aromatic nitrogens is 2. The van der Waals surface area contributed by atoms with Crippen molar-refractivity contribution in [2.75, 3.05) is 13.1 Å². The van der Waals surface area contributed by atoms with Crippen LogP contribution < -0.4 is 0 Å². The van der Waals surface area contributed by atoms with Crippen molar-refractivity contribution < 1.29 is 13.6 Å². The van der Waals surface area contributed by atoms with Crippen LogP contribution in [0.4, 0.5) is 0 Å². The van der Waals surface area contributed by atoms with Gasteiger partial charge in [0, 0.05) is 19.0 Å². The smallest absolute Gasteiger partial charge is 0.283 e. The van der Waals surface area contributed by atoms with Gasteiger partial charge >= 0.3 is 0 Å². The second-order valence-electron chi connectivity index (χ2n) is 5.59. The van der Waals surface area contributed by atoms with Gasteiger partial charge in [-0.15, -0.1) is 21.5 Å². The zero-order valence-electron chi connectivity index (χ0n) is 12.6. The van der Waals surface area contributed by atoms with E-state index in [9.17, 15) is 4.79 Å². The lowest BCUT2D eigenvalue weighted by atomic mass is 9.97. The van der Waals surface area contributed by atoms with Gasteiger partial charge < -0.3 is 13.7 Å². The minimum Gasteiger partial charge on any atom is -0.459 e. The molecule has 0 N–H and O–H groups in total. The molecule has 1 aliphatic heterocycles. The Morgan fingerprint density at radius 1 is 1.25 bits per heavy atom. The lowest BCUT2D eigenvalue weighted by Crippen LogP contribution is -2.37. The summed E-state index contributed by atoms with van der Waals surface area (Å²) < 4.78 is 11.6. The van der Waals surface area contributed by atoms with Gasteiger partial charge in [-0.05, 0) is 37.1 Å². The highest BCUT2D eigenvalue weighted by Crippen LogP contribution is 2.31. The number of piperidine rings is 1. The molecule has 3 aromatic heterocycles. The van der Waals surface area contributed by atoms with Crippen LogP contribution in [0.15, 0.2) is 39.4 Å². The molecular weight excluding hydrogens is 350 g/mol. The van der Waals surface area contributed by atoms with E-state index in [1.807, 2.05) is 4.90 Å². The van der Waals surface area contributed by atoms with Crippen LogP contribution in [0.3, 0.4) is 0 Å². The number of furan rings is 1. The van der Waals surface area contributed by atoms with E-state index < -0.39 is 0 Å². The molecule has 1 amide bonds. The molecule has 0 radical (unpaired) electrons. The van der Waals surface area contributed by atoms with Crippen molar-refractivity contribution in [3.05, 3.63) is 45.6 Å². The Kier molecular flexibility index (Phi) is 4.12. The molecule has 0 aliphatic carbocycles. The summed E-state index contributed by atoms with van der Waals surface area (Å²) in [6.45, 7) is 1.33. The van der Waals surface area contributed by atoms with E-state index in [2.05, 4.69) is 10.2 Å². The third kappa shape index (κ3) is 2.97. The van der Waals surface area contributed by atoms with Crippen molar-refractivity contribution in [2.45, 2.75) is 18.8 Å². The fourth-order valence-corrected chi connectivity index (χ4v) is 3.82. The van der Waals surface area contributed by atoms with Crippen molar-refractivity contribution in [3.8, 4) is 11.7 Å². The maximum atomic E-state index is 12.4. The molecule has 0 aromatic carbocycles. The number of amides is 1. The van der Waals surface area contributed by atoms with Crippen molar-refractivity contribution >= 4 is 28.8 Å². The third-order valence-electron chi connectivity index (χ3n) is 4.09. The number of hydrogen-bond acceptors (Lipinski definition) is 6. The van der Waals surface area contributed by atoms with Gasteiger partial charge in [-0.2, -0.15) is 0 Å². The average molecular weight is 364 g/mol. The van der Waals surface area contributed by atoms with E-state index in [0.717, 1.165) is 12.8 Å². The van der Waals surface area contributed by atoms with Crippen LogP contribution in [0.25, 0.3) is 11.7 Å². The van der Waals surface area contributed by atoms with Crippen LogP contribution in [0.1, 0.15) is 34.3 Å². The molecule has 1 aliphatic rings. The molecule has 1 fully saturated rings. The number of rotatable bonds is 3. The van der Waals surface area contributed by atoms with Crippen molar-refractivity contribution in [1.29, 1.82) is 0 Å². The SMILES string of the molecule is O=C(c1ccc(Cl)s1)N1CCC(c2nnc(-c3ccco3)o2)CC1. The monoisotopic (exact) mass is 363 g/mol. The van der Waals surface area contributed by atoms with Crippen LogP contribution >= 0.6 is 22.9 Å². The number of hydrogen-bond donors (Lipinski definition) is 0. The Labute approximate surface area is 147 Å². The van der Waals surface area contributed by atoms with E-state index in [1.54, 1.807) is 30.5 Å². The van der Waals surface area contributed by atoms with Gasteiger partial charge in [-0.1, -0.05) is 11.6 Å². The molecule has 1 saturated heterocycles. The molecule has 24 heavy (non-hydrogen) atoms. The van der Waals surface area contributed by atoms with Crippen molar-refractivity contribution in [1.82, 2.24) is 15.1 Å². The van der Waals surface area contributed by atoms with Gasteiger partial charge in [-0.3, -0.25) is 4.79 Å². The fraction of sp³-hybridized carbons (Fsp3) is 0.312. The quantitative estimate of drug-likeness (QED) is 0.701. The average Bonchev–Trinajstić information content (AvgIpc) is 3.35. The van der Waals surface area contributed by atoms with E-state index in [1.165, 1.54) is 11.3 Å². The second kappa shape index (κ2) is 6.41. The third-order valence-corrected chi connectivity index (χ3v) is 5.31. The molecule has 0 spiro atoms. The number of nitrogens with zero attached hydrogens (tertiary/aromatic N) is 3. The Bertz CT molecular complexity index is 835. The first-order chi connectivity index (χ1) is 11.7. The fourth-order valence-electron chi connectivity index (χ4n) is 2.81. The first kappa shape index (κ1) is 15.4. The van der Waals surface area contributed by atoms with Crippen LogP contribution in [0.2, 0.25) is 4.34 Å². The summed E-state index contributed by atoms with van der Waals surface area (Å²) in [5.41, 5.74) is 0. The summed E-state index contributed by atoms with van der Waals surface area (Å²) in [6.07, 6.45) is 3.16. The summed E-state index contributed by atoms with van der Waals surface area (Å²) >= 11 is 7.22. The predicted molar refractivity (Wildman–Crippen MR) is 89.2 cm³/mol. The predicted octanol–water partition coefficient (Wildman–Crippen LogP) is 4.06. The standard InChI is InChI=1S/C16H14ClN3O3S/c17-13-4-3-12(24-13)16(21)20-7-5-10(6-8-20)14-18-19-15(23-14)11-2-1-9-22-11/h1-4,9-10H,5-8H2. The molecule has 8 heteroatoms. The zero-order chi connectivity index (χ0) is 16.5. The number of halogens is 1. The molecule has 124 valence electrons. The molecule has 3 aromatic rings. The summed E-state index contributed by atoms with van der Waals surface area (Å²) in [5, 5.41) is 8.17. The minimum absolute atomic E-state index is 0.0344. The van der Waals surface area contributed by atoms with Crippen molar-refractivity contribution in [3.63, 3.8) is 0 Å². The van der Waals surface area contributed by atoms with Crippen LogP contribution in [-0.2, 0) is 0 Å². The molecule has 4 heterocycles. The first-order valence-corrected chi connectivity index (χ1v) is 8.82. The molecular formula is C16H14ClN3O3S. The van der Waals surface area contributed by atoms with E-state index in [0.29, 0.717) is 39.8 Å². The maximum absolute atomic E-state index is 12.4. The summed E-state index contributed by atoms with van der Waals surface area (Å²) in [7, 11) is 0.